The van der Waals surface area contributed by atoms with Crippen LogP contribution in [0.4, 0.5) is 0 Å². The average Bonchev–Trinajstić information content (AvgIpc) is 2.98. The molecular weight excluding hydrogens is 412 g/mol. The predicted molar refractivity (Wildman–Crippen MR) is 105 cm³/mol. The summed E-state index contributed by atoms with van der Waals surface area (Å²) in [7, 11) is 0. The molecule has 0 saturated carbocycles. The molecule has 0 fully saturated rings. The fraction of sp³-hybridized carbons (Fsp3) is 0.238. The number of benzene rings is 2. The fourth-order valence-corrected chi connectivity index (χ4v) is 3.43. The van der Waals surface area contributed by atoms with Gasteiger partial charge in [-0.2, -0.15) is 0 Å². The van der Waals surface area contributed by atoms with Crippen LogP contribution in [0.1, 0.15) is 44.5 Å². The minimum atomic E-state index is -0.479. The van der Waals surface area contributed by atoms with Gasteiger partial charge in [-0.3, -0.25) is 0 Å². The van der Waals surface area contributed by atoms with Crippen molar-refractivity contribution >= 4 is 38.8 Å². The molecule has 0 saturated heterocycles. The van der Waals surface area contributed by atoms with Crippen LogP contribution >= 0.6 is 15.9 Å². The number of fused-ring (bicyclic) bond motifs is 1. The van der Waals surface area contributed by atoms with Crippen LogP contribution in [0.25, 0.3) is 11.0 Å². The Bertz CT molecular complexity index is 1030. The van der Waals surface area contributed by atoms with E-state index < -0.39 is 11.9 Å². The normalized spacial score (nSPS) is 10.9. The molecule has 1 aromatic heterocycles. The van der Waals surface area contributed by atoms with Gasteiger partial charge < -0.3 is 13.9 Å². The molecule has 0 atom stereocenters. The van der Waals surface area contributed by atoms with Crippen LogP contribution in [0.3, 0.4) is 0 Å². The molecular formula is C21H19BrO5. The number of halogens is 1. The minimum Gasteiger partial charge on any atom is -0.462 e. The summed E-state index contributed by atoms with van der Waals surface area (Å²) >= 11 is 3.47. The molecule has 0 radical (unpaired) electrons. The van der Waals surface area contributed by atoms with Gasteiger partial charge in [-0.25, -0.2) is 9.59 Å². The molecule has 0 amide bonds. The van der Waals surface area contributed by atoms with Crippen molar-refractivity contribution in [1.82, 2.24) is 0 Å². The maximum Gasteiger partial charge on any atom is 0.343 e. The fourth-order valence-electron chi connectivity index (χ4n) is 2.85. The van der Waals surface area contributed by atoms with Gasteiger partial charge in [-0.15, -0.1) is 0 Å². The van der Waals surface area contributed by atoms with Gasteiger partial charge in [-0.1, -0.05) is 17.7 Å². The molecule has 3 aromatic rings. The number of furan rings is 1. The van der Waals surface area contributed by atoms with Crippen molar-refractivity contribution < 1.29 is 23.5 Å². The van der Waals surface area contributed by atoms with Gasteiger partial charge >= 0.3 is 11.9 Å². The molecule has 0 spiro atoms. The molecule has 0 bridgehead atoms. The zero-order valence-corrected chi connectivity index (χ0v) is 17.1. The Balaban J connectivity index is 2.07. The van der Waals surface area contributed by atoms with E-state index in [0.29, 0.717) is 38.1 Å². The summed E-state index contributed by atoms with van der Waals surface area (Å²) in [5.74, 6) is -0.186. The Morgan fingerprint density at radius 3 is 2.37 bits per heavy atom. The number of carbonyl (C=O) groups excluding carboxylic acids is 2. The molecule has 0 N–H and O–H groups in total. The van der Waals surface area contributed by atoms with Gasteiger partial charge in [0.1, 0.15) is 22.7 Å². The molecule has 2 aromatic carbocycles. The zero-order valence-electron chi connectivity index (χ0n) is 15.5. The van der Waals surface area contributed by atoms with Crippen molar-refractivity contribution in [1.29, 1.82) is 0 Å². The van der Waals surface area contributed by atoms with Gasteiger partial charge in [0.15, 0.2) is 0 Å². The summed E-state index contributed by atoms with van der Waals surface area (Å²) < 4.78 is 17.0. The molecule has 1 heterocycles. The molecule has 0 aliphatic heterocycles. The third-order valence-corrected chi connectivity index (χ3v) is 4.98. The van der Waals surface area contributed by atoms with E-state index in [2.05, 4.69) is 15.9 Å². The Kier molecular flexibility index (Phi) is 5.37. The molecule has 3 rings (SSSR count). The Morgan fingerprint density at radius 2 is 1.74 bits per heavy atom. The summed E-state index contributed by atoms with van der Waals surface area (Å²) in [6, 6.07) is 8.82. The smallest absolute Gasteiger partial charge is 0.343 e. The van der Waals surface area contributed by atoms with Gasteiger partial charge in [0.25, 0.3) is 0 Å². The molecule has 5 nitrogen and oxygen atoms in total. The summed E-state index contributed by atoms with van der Waals surface area (Å²) in [4.78, 5) is 24.9. The molecule has 140 valence electrons. The monoisotopic (exact) mass is 430 g/mol. The van der Waals surface area contributed by atoms with E-state index in [4.69, 9.17) is 13.9 Å². The van der Waals surface area contributed by atoms with Crippen LogP contribution in [0.5, 0.6) is 5.75 Å². The largest absolute Gasteiger partial charge is 0.462 e. The lowest BCUT2D eigenvalue weighted by atomic mass is 10.1. The van der Waals surface area contributed by atoms with Gasteiger partial charge in [0.05, 0.1) is 22.0 Å². The second-order valence-electron chi connectivity index (χ2n) is 6.22. The number of hydrogen-bond acceptors (Lipinski definition) is 5. The first-order valence-electron chi connectivity index (χ1n) is 8.51. The van der Waals surface area contributed by atoms with Crippen molar-refractivity contribution in [3.63, 3.8) is 0 Å². The van der Waals surface area contributed by atoms with E-state index in [9.17, 15) is 9.59 Å². The summed E-state index contributed by atoms with van der Waals surface area (Å²) in [5.41, 5.74) is 3.13. The third-order valence-electron chi connectivity index (χ3n) is 4.20. The van der Waals surface area contributed by atoms with Crippen LogP contribution < -0.4 is 4.74 Å². The number of hydrogen-bond donors (Lipinski definition) is 0. The van der Waals surface area contributed by atoms with Crippen LogP contribution in [-0.4, -0.2) is 18.5 Å². The van der Waals surface area contributed by atoms with Gasteiger partial charge in [-0.05, 0) is 67.4 Å². The van der Waals surface area contributed by atoms with E-state index in [1.54, 1.807) is 32.0 Å². The van der Waals surface area contributed by atoms with E-state index in [1.807, 2.05) is 26.0 Å². The second-order valence-corrected chi connectivity index (χ2v) is 7.01. The Morgan fingerprint density at radius 1 is 1.07 bits per heavy atom. The summed E-state index contributed by atoms with van der Waals surface area (Å²) in [6.45, 7) is 7.47. The van der Waals surface area contributed by atoms with Crippen LogP contribution in [0.15, 0.2) is 39.2 Å². The van der Waals surface area contributed by atoms with Crippen LogP contribution in [-0.2, 0) is 4.74 Å². The topological polar surface area (TPSA) is 65.7 Å². The highest BCUT2D eigenvalue weighted by Crippen LogP contribution is 2.40. The number of aryl methyl sites for hydroxylation is 3. The molecule has 0 unspecified atom stereocenters. The van der Waals surface area contributed by atoms with E-state index >= 15 is 0 Å². The van der Waals surface area contributed by atoms with E-state index in [-0.39, 0.29) is 6.61 Å². The van der Waals surface area contributed by atoms with Crippen molar-refractivity contribution in [3.05, 3.63) is 62.8 Å². The maximum absolute atomic E-state index is 12.5. The quantitative estimate of drug-likeness (QED) is 0.402. The van der Waals surface area contributed by atoms with Crippen molar-refractivity contribution in [2.45, 2.75) is 27.7 Å². The zero-order chi connectivity index (χ0) is 19.7. The first-order valence-corrected chi connectivity index (χ1v) is 9.31. The second kappa shape index (κ2) is 7.56. The Labute approximate surface area is 165 Å². The average molecular weight is 431 g/mol. The lowest BCUT2D eigenvalue weighted by molar-refractivity contribution is 0.0526. The van der Waals surface area contributed by atoms with E-state index in [1.165, 1.54) is 0 Å². The number of carbonyl (C=O) groups is 2. The summed E-state index contributed by atoms with van der Waals surface area (Å²) in [6.07, 6.45) is 0. The lowest BCUT2D eigenvalue weighted by Crippen LogP contribution is -2.09. The first kappa shape index (κ1) is 19.2. The molecule has 0 aliphatic carbocycles. The predicted octanol–water partition coefficient (Wildman–Crippen LogP) is 5.52. The standard InChI is InChI=1S/C21H19BrO5/c1-5-25-21(24)16-13(4)26-19-12(3)10-15(18(22)17(16)19)27-20(23)14-8-6-11(2)7-9-14/h6-10H,5H2,1-4H3. The first-order chi connectivity index (χ1) is 12.8. The van der Waals surface area contributed by atoms with Crippen molar-refractivity contribution in [2.24, 2.45) is 0 Å². The van der Waals surface area contributed by atoms with E-state index in [0.717, 1.165) is 11.1 Å². The maximum atomic E-state index is 12.5. The highest BCUT2D eigenvalue weighted by atomic mass is 79.9. The SMILES string of the molecule is CCOC(=O)c1c(C)oc2c(C)cc(OC(=O)c3ccc(C)cc3)c(Br)c12. The van der Waals surface area contributed by atoms with Crippen molar-refractivity contribution in [3.8, 4) is 5.75 Å². The molecule has 0 aliphatic rings. The lowest BCUT2D eigenvalue weighted by Gasteiger charge is -2.10. The number of ether oxygens (including phenoxy) is 2. The van der Waals surface area contributed by atoms with Gasteiger partial charge in [0.2, 0.25) is 0 Å². The number of esters is 2. The third kappa shape index (κ3) is 3.62. The van der Waals surface area contributed by atoms with Crippen LogP contribution in [0, 0.1) is 20.8 Å². The van der Waals surface area contributed by atoms with Crippen LogP contribution in [0.2, 0.25) is 0 Å². The Hall–Kier alpha value is -2.60. The highest BCUT2D eigenvalue weighted by molar-refractivity contribution is 9.10. The summed E-state index contributed by atoms with van der Waals surface area (Å²) in [5, 5.41) is 0.539. The highest BCUT2D eigenvalue weighted by Gasteiger charge is 2.25. The van der Waals surface area contributed by atoms with Crippen molar-refractivity contribution in [2.75, 3.05) is 6.61 Å². The molecule has 6 heteroatoms. The number of rotatable bonds is 4. The molecule has 27 heavy (non-hydrogen) atoms. The van der Waals surface area contributed by atoms with Gasteiger partial charge in [0, 0.05) is 0 Å². The minimum absolute atomic E-state index is 0.254.